The highest BCUT2D eigenvalue weighted by Gasteiger charge is 2.06. The van der Waals surface area contributed by atoms with Crippen LogP contribution in [0.25, 0.3) is 11.3 Å². The van der Waals surface area contributed by atoms with Crippen molar-refractivity contribution in [1.29, 1.82) is 0 Å². The average molecular weight is 349 g/mol. The molecule has 0 spiro atoms. The van der Waals surface area contributed by atoms with Crippen LogP contribution in [0, 0.1) is 6.92 Å². The predicted octanol–water partition coefficient (Wildman–Crippen LogP) is 2.77. The Morgan fingerprint density at radius 1 is 1.12 bits per heavy atom. The highest BCUT2D eigenvalue weighted by molar-refractivity contribution is 5.92. The second kappa shape index (κ2) is 7.65. The topological polar surface area (TPSA) is 73.2 Å². The van der Waals surface area contributed by atoms with Crippen molar-refractivity contribution in [1.82, 2.24) is 9.78 Å². The minimum atomic E-state index is -0.237. The number of anilines is 1. The second-order valence-electron chi connectivity index (χ2n) is 5.91. The van der Waals surface area contributed by atoms with Crippen LogP contribution in [0.4, 0.5) is 5.69 Å². The van der Waals surface area contributed by atoms with E-state index in [9.17, 15) is 9.59 Å². The van der Waals surface area contributed by atoms with Crippen LogP contribution >= 0.6 is 0 Å². The number of amides is 1. The van der Waals surface area contributed by atoms with Gasteiger partial charge in [-0.1, -0.05) is 24.3 Å². The van der Waals surface area contributed by atoms with Crippen LogP contribution in [0.1, 0.15) is 5.56 Å². The molecule has 0 radical (unpaired) electrons. The largest absolute Gasteiger partial charge is 0.484 e. The van der Waals surface area contributed by atoms with Crippen molar-refractivity contribution in [3.63, 3.8) is 0 Å². The zero-order chi connectivity index (χ0) is 18.5. The third kappa shape index (κ3) is 4.36. The summed E-state index contributed by atoms with van der Waals surface area (Å²) < 4.78 is 6.77. The van der Waals surface area contributed by atoms with Gasteiger partial charge in [0, 0.05) is 24.4 Å². The van der Waals surface area contributed by atoms with Crippen molar-refractivity contribution in [3.05, 3.63) is 76.6 Å². The van der Waals surface area contributed by atoms with E-state index in [2.05, 4.69) is 10.4 Å². The predicted molar refractivity (Wildman–Crippen MR) is 100 cm³/mol. The fraction of sp³-hybridized carbons (Fsp3) is 0.150. The van der Waals surface area contributed by atoms with Crippen molar-refractivity contribution in [2.75, 3.05) is 11.9 Å². The number of ether oxygens (including phenoxy) is 1. The molecular formula is C20H19N3O3. The van der Waals surface area contributed by atoms with Gasteiger partial charge in [-0.3, -0.25) is 9.59 Å². The fourth-order valence-corrected chi connectivity index (χ4v) is 2.43. The zero-order valence-electron chi connectivity index (χ0n) is 14.6. The SMILES string of the molecule is Cc1cccc(OCC(=O)Nc2ccc(-c3ccc(=O)n(C)n3)cc2)c1. The first kappa shape index (κ1) is 17.4. The summed E-state index contributed by atoms with van der Waals surface area (Å²) in [6.07, 6.45) is 0. The van der Waals surface area contributed by atoms with Crippen LogP contribution in [0.3, 0.4) is 0 Å². The van der Waals surface area contributed by atoms with Crippen LogP contribution in [0.5, 0.6) is 5.75 Å². The molecule has 1 N–H and O–H groups in total. The normalized spacial score (nSPS) is 10.4. The number of nitrogens with zero attached hydrogens (tertiary/aromatic N) is 2. The van der Waals surface area contributed by atoms with Gasteiger partial charge < -0.3 is 10.1 Å². The molecule has 0 fully saturated rings. The smallest absolute Gasteiger partial charge is 0.266 e. The molecule has 1 amide bonds. The van der Waals surface area contributed by atoms with Gasteiger partial charge in [0.2, 0.25) is 0 Å². The number of nitrogens with one attached hydrogen (secondary N) is 1. The molecule has 3 aromatic rings. The van der Waals surface area contributed by atoms with Gasteiger partial charge in [0.25, 0.3) is 11.5 Å². The molecule has 132 valence electrons. The number of carbonyl (C=O) groups excluding carboxylic acids is 1. The Kier molecular flexibility index (Phi) is 5.12. The first-order valence-electron chi connectivity index (χ1n) is 8.15. The van der Waals surface area contributed by atoms with Crippen LogP contribution in [0.15, 0.2) is 65.5 Å². The maximum absolute atomic E-state index is 12.0. The molecule has 0 unspecified atom stereocenters. The van der Waals surface area contributed by atoms with Crippen molar-refractivity contribution in [2.24, 2.45) is 7.05 Å². The van der Waals surface area contributed by atoms with Gasteiger partial charge in [-0.15, -0.1) is 0 Å². The van der Waals surface area contributed by atoms with Crippen molar-refractivity contribution in [2.45, 2.75) is 6.92 Å². The Balaban J connectivity index is 1.60. The molecule has 0 bridgehead atoms. The van der Waals surface area contributed by atoms with Gasteiger partial charge in [-0.25, -0.2) is 4.68 Å². The molecule has 3 rings (SSSR count). The first-order chi connectivity index (χ1) is 12.5. The lowest BCUT2D eigenvalue weighted by Gasteiger charge is -2.09. The summed E-state index contributed by atoms with van der Waals surface area (Å²) in [6.45, 7) is 1.90. The summed E-state index contributed by atoms with van der Waals surface area (Å²) >= 11 is 0. The lowest BCUT2D eigenvalue weighted by molar-refractivity contribution is -0.118. The number of aromatic nitrogens is 2. The number of hydrogen-bond acceptors (Lipinski definition) is 4. The molecule has 0 atom stereocenters. The average Bonchev–Trinajstić information content (AvgIpc) is 2.63. The Bertz CT molecular complexity index is 978. The van der Waals surface area contributed by atoms with E-state index in [-0.39, 0.29) is 18.1 Å². The zero-order valence-corrected chi connectivity index (χ0v) is 14.6. The van der Waals surface area contributed by atoms with Gasteiger partial charge in [0.1, 0.15) is 5.75 Å². The van der Waals surface area contributed by atoms with Crippen molar-refractivity contribution < 1.29 is 9.53 Å². The van der Waals surface area contributed by atoms with E-state index in [1.807, 2.05) is 43.3 Å². The van der Waals surface area contributed by atoms with Gasteiger partial charge >= 0.3 is 0 Å². The molecule has 0 saturated heterocycles. The summed E-state index contributed by atoms with van der Waals surface area (Å²) in [7, 11) is 1.61. The van der Waals surface area contributed by atoms with E-state index in [1.54, 1.807) is 25.2 Å². The number of rotatable bonds is 5. The highest BCUT2D eigenvalue weighted by atomic mass is 16.5. The Hall–Kier alpha value is -3.41. The maximum atomic E-state index is 12.0. The van der Waals surface area contributed by atoms with Crippen LogP contribution in [-0.2, 0) is 11.8 Å². The third-order valence-corrected chi connectivity index (χ3v) is 3.78. The second-order valence-corrected chi connectivity index (χ2v) is 5.91. The van der Waals surface area contributed by atoms with E-state index in [0.717, 1.165) is 11.1 Å². The lowest BCUT2D eigenvalue weighted by Crippen LogP contribution is -2.20. The summed E-state index contributed by atoms with van der Waals surface area (Å²) in [5.74, 6) is 0.427. The Morgan fingerprint density at radius 2 is 1.88 bits per heavy atom. The first-order valence-corrected chi connectivity index (χ1v) is 8.15. The van der Waals surface area contributed by atoms with Gasteiger partial charge in [0.15, 0.2) is 6.61 Å². The number of hydrogen-bond donors (Lipinski definition) is 1. The Morgan fingerprint density at radius 3 is 2.58 bits per heavy atom. The molecule has 1 heterocycles. The van der Waals surface area contributed by atoms with Crippen molar-refractivity contribution in [3.8, 4) is 17.0 Å². The molecule has 0 aliphatic rings. The summed E-state index contributed by atoms with van der Waals surface area (Å²) in [5.41, 5.74) is 3.12. The molecule has 26 heavy (non-hydrogen) atoms. The highest BCUT2D eigenvalue weighted by Crippen LogP contribution is 2.18. The van der Waals surface area contributed by atoms with Crippen molar-refractivity contribution >= 4 is 11.6 Å². The summed E-state index contributed by atoms with van der Waals surface area (Å²) in [6, 6.07) is 17.9. The fourth-order valence-electron chi connectivity index (χ4n) is 2.43. The van der Waals surface area contributed by atoms with Gasteiger partial charge in [-0.05, 0) is 42.8 Å². The third-order valence-electron chi connectivity index (χ3n) is 3.78. The molecule has 6 heteroatoms. The van der Waals surface area contributed by atoms with E-state index in [1.165, 1.54) is 10.7 Å². The molecule has 6 nitrogen and oxygen atoms in total. The summed E-state index contributed by atoms with van der Waals surface area (Å²) in [5, 5.41) is 6.99. The van der Waals surface area contributed by atoms with E-state index < -0.39 is 0 Å². The molecule has 1 aromatic heterocycles. The van der Waals surface area contributed by atoms with Crippen LogP contribution in [-0.4, -0.2) is 22.3 Å². The summed E-state index contributed by atoms with van der Waals surface area (Å²) in [4.78, 5) is 23.4. The lowest BCUT2D eigenvalue weighted by atomic mass is 10.1. The van der Waals surface area contributed by atoms with Gasteiger partial charge in [0.05, 0.1) is 5.69 Å². The monoisotopic (exact) mass is 349 g/mol. The van der Waals surface area contributed by atoms with E-state index in [0.29, 0.717) is 17.1 Å². The quantitative estimate of drug-likeness (QED) is 0.769. The van der Waals surface area contributed by atoms with Crippen LogP contribution < -0.4 is 15.6 Å². The number of benzene rings is 2. The standard InChI is InChI=1S/C20H19N3O3/c1-14-4-3-5-17(12-14)26-13-19(24)21-16-8-6-15(7-9-16)18-10-11-20(25)23(2)22-18/h3-12H,13H2,1-2H3,(H,21,24). The van der Waals surface area contributed by atoms with Crippen LogP contribution in [0.2, 0.25) is 0 Å². The van der Waals surface area contributed by atoms with E-state index in [4.69, 9.17) is 4.74 Å². The molecule has 2 aromatic carbocycles. The molecule has 0 saturated carbocycles. The molecule has 0 aliphatic heterocycles. The number of carbonyl (C=O) groups is 1. The van der Waals surface area contributed by atoms with E-state index >= 15 is 0 Å². The maximum Gasteiger partial charge on any atom is 0.266 e. The number of aryl methyl sites for hydroxylation is 2. The van der Waals surface area contributed by atoms with Gasteiger partial charge in [-0.2, -0.15) is 5.10 Å². The minimum absolute atomic E-state index is 0.0619. The Labute approximate surface area is 151 Å². The molecule has 0 aliphatic carbocycles. The molecular weight excluding hydrogens is 330 g/mol. The minimum Gasteiger partial charge on any atom is -0.484 e.